The Hall–Kier alpha value is -1.14. The van der Waals surface area contributed by atoms with E-state index in [-0.39, 0.29) is 5.91 Å². The van der Waals surface area contributed by atoms with Crippen LogP contribution >= 0.6 is 0 Å². The van der Waals surface area contributed by atoms with Crippen LogP contribution in [0.15, 0.2) is 0 Å². The highest BCUT2D eigenvalue weighted by molar-refractivity contribution is 6.01. The molecule has 17 heavy (non-hydrogen) atoms. The van der Waals surface area contributed by atoms with E-state index in [1.165, 1.54) is 13.5 Å². The number of nitrogens with one attached hydrogen (secondary N) is 1. The van der Waals surface area contributed by atoms with Crippen LogP contribution in [-0.4, -0.2) is 72.1 Å². The lowest BCUT2D eigenvalue weighted by Crippen LogP contribution is -2.57. The molecule has 0 aromatic carbocycles. The number of piperazine rings is 1. The summed E-state index contributed by atoms with van der Waals surface area (Å²) in [5.74, 6) is -1.42. The maximum atomic E-state index is 12.0. The Labute approximate surface area is 101 Å². The summed E-state index contributed by atoms with van der Waals surface area (Å²) in [7, 11) is 1.50. The Balaban J connectivity index is 1.98. The number of carboxylic acid groups (broad SMARTS) is 1. The minimum absolute atomic E-state index is 0.313. The van der Waals surface area contributed by atoms with E-state index >= 15 is 0 Å². The van der Waals surface area contributed by atoms with Gasteiger partial charge in [-0.2, -0.15) is 0 Å². The number of amides is 1. The topological polar surface area (TPSA) is 72.9 Å². The first-order valence-corrected chi connectivity index (χ1v) is 6.06. The number of fused-ring (bicyclic) bond motifs is 1. The maximum absolute atomic E-state index is 12.0. The zero-order chi connectivity index (χ0) is 12.4. The highest BCUT2D eigenvalue weighted by Gasteiger charge is 2.36. The third kappa shape index (κ3) is 2.42. The molecule has 2 fully saturated rings. The molecular weight excluding hydrogens is 222 g/mol. The van der Waals surface area contributed by atoms with Gasteiger partial charge in [-0.1, -0.05) is 0 Å². The zero-order valence-electron chi connectivity index (χ0n) is 10.1. The molecule has 2 aliphatic rings. The number of carboxylic acids is 1. The predicted molar refractivity (Wildman–Crippen MR) is 61.7 cm³/mol. The van der Waals surface area contributed by atoms with Crippen molar-refractivity contribution in [2.45, 2.75) is 24.9 Å². The van der Waals surface area contributed by atoms with Gasteiger partial charge in [-0.05, 0) is 26.4 Å². The largest absolute Gasteiger partial charge is 0.480 e. The van der Waals surface area contributed by atoms with Crippen molar-refractivity contribution >= 4 is 11.9 Å². The third-order valence-electron chi connectivity index (χ3n) is 3.68. The summed E-state index contributed by atoms with van der Waals surface area (Å²) >= 11 is 0. The Morgan fingerprint density at radius 2 is 2.12 bits per heavy atom. The van der Waals surface area contributed by atoms with Gasteiger partial charge in [0.05, 0.1) is 0 Å². The molecule has 2 rings (SSSR count). The average molecular weight is 241 g/mol. The number of hydrogen-bond acceptors (Lipinski definition) is 4. The Bertz CT molecular complexity index is 321. The Kier molecular flexibility index (Phi) is 3.63. The summed E-state index contributed by atoms with van der Waals surface area (Å²) in [5, 5.41) is 11.5. The zero-order valence-corrected chi connectivity index (χ0v) is 10.1. The number of carbonyl (C=O) groups is 2. The monoisotopic (exact) mass is 241 g/mol. The number of rotatable bonds is 3. The van der Waals surface area contributed by atoms with Crippen LogP contribution in [0.5, 0.6) is 0 Å². The molecule has 0 saturated carbocycles. The van der Waals surface area contributed by atoms with Gasteiger partial charge in [-0.25, -0.2) is 4.79 Å². The van der Waals surface area contributed by atoms with Crippen LogP contribution in [0.1, 0.15) is 12.8 Å². The van der Waals surface area contributed by atoms with Crippen LogP contribution in [0.2, 0.25) is 0 Å². The van der Waals surface area contributed by atoms with E-state index in [2.05, 4.69) is 10.2 Å². The maximum Gasteiger partial charge on any atom is 0.330 e. The summed E-state index contributed by atoms with van der Waals surface area (Å²) in [5.41, 5.74) is 0. The van der Waals surface area contributed by atoms with Gasteiger partial charge in [-0.3, -0.25) is 15.0 Å². The fraction of sp³-hybridized carbons (Fsp3) is 0.818. The van der Waals surface area contributed by atoms with E-state index in [4.69, 9.17) is 5.11 Å². The Morgan fingerprint density at radius 3 is 2.76 bits per heavy atom. The first-order valence-electron chi connectivity index (χ1n) is 6.06. The van der Waals surface area contributed by atoms with Crippen LogP contribution in [0.3, 0.4) is 0 Å². The molecule has 0 spiro atoms. The van der Waals surface area contributed by atoms with Crippen molar-refractivity contribution in [1.82, 2.24) is 15.1 Å². The number of aliphatic carboxylic acids is 1. The van der Waals surface area contributed by atoms with Gasteiger partial charge in [0.1, 0.15) is 0 Å². The molecule has 2 saturated heterocycles. The molecule has 0 aliphatic carbocycles. The van der Waals surface area contributed by atoms with Crippen molar-refractivity contribution in [1.29, 1.82) is 0 Å². The van der Waals surface area contributed by atoms with Crippen LogP contribution in [-0.2, 0) is 9.59 Å². The smallest absolute Gasteiger partial charge is 0.330 e. The quantitative estimate of drug-likeness (QED) is 0.618. The standard InChI is InChI=1S/C11H19N3O3/c1-12-9(11(16)17)10(15)14-6-5-13-4-2-3-8(13)7-14/h8-9,12H,2-7H2,1H3,(H,16,17). The molecule has 2 atom stereocenters. The van der Waals surface area contributed by atoms with E-state index in [1.807, 2.05) is 0 Å². The number of hydrogen-bond donors (Lipinski definition) is 2. The van der Waals surface area contributed by atoms with E-state index in [9.17, 15) is 9.59 Å². The number of likely N-dealkylation sites (N-methyl/N-ethyl adjacent to an activating group) is 1. The van der Waals surface area contributed by atoms with Crippen molar-refractivity contribution < 1.29 is 14.7 Å². The van der Waals surface area contributed by atoms with Gasteiger partial charge < -0.3 is 10.0 Å². The van der Waals surface area contributed by atoms with Crippen LogP contribution in [0.25, 0.3) is 0 Å². The third-order valence-corrected chi connectivity index (χ3v) is 3.68. The molecule has 2 aliphatic heterocycles. The second-order valence-electron chi connectivity index (χ2n) is 4.68. The summed E-state index contributed by atoms with van der Waals surface area (Å²) in [6.07, 6.45) is 2.29. The molecule has 2 N–H and O–H groups in total. The molecule has 96 valence electrons. The van der Waals surface area contributed by atoms with Gasteiger partial charge in [0.25, 0.3) is 5.91 Å². The minimum atomic E-state index is -1.11. The van der Waals surface area contributed by atoms with Gasteiger partial charge in [-0.15, -0.1) is 0 Å². The van der Waals surface area contributed by atoms with Gasteiger partial charge in [0.2, 0.25) is 0 Å². The lowest BCUT2D eigenvalue weighted by Gasteiger charge is -2.38. The molecule has 6 heteroatoms. The molecule has 0 aromatic rings. The summed E-state index contributed by atoms with van der Waals surface area (Å²) < 4.78 is 0. The molecular formula is C11H19N3O3. The first kappa shape index (κ1) is 12.3. The molecule has 6 nitrogen and oxygen atoms in total. The SMILES string of the molecule is CNC(C(=O)O)C(=O)N1CCN2CCCC2C1. The van der Waals surface area contributed by atoms with Gasteiger partial charge >= 0.3 is 5.97 Å². The van der Waals surface area contributed by atoms with Crippen LogP contribution < -0.4 is 5.32 Å². The molecule has 0 bridgehead atoms. The molecule has 0 aromatic heterocycles. The van der Waals surface area contributed by atoms with Gasteiger partial charge in [0.15, 0.2) is 6.04 Å². The van der Waals surface area contributed by atoms with E-state index < -0.39 is 12.0 Å². The fourth-order valence-corrected chi connectivity index (χ4v) is 2.73. The number of carbonyl (C=O) groups excluding carboxylic acids is 1. The molecule has 2 unspecified atom stereocenters. The molecule has 1 amide bonds. The Morgan fingerprint density at radius 1 is 1.35 bits per heavy atom. The summed E-state index contributed by atoms with van der Waals surface area (Å²) in [6.45, 7) is 3.29. The van der Waals surface area contributed by atoms with Gasteiger partial charge in [0, 0.05) is 25.7 Å². The second-order valence-corrected chi connectivity index (χ2v) is 4.68. The fourth-order valence-electron chi connectivity index (χ4n) is 2.73. The van der Waals surface area contributed by atoms with E-state index in [0.29, 0.717) is 19.1 Å². The van der Waals surface area contributed by atoms with Crippen LogP contribution in [0.4, 0.5) is 0 Å². The van der Waals surface area contributed by atoms with Crippen LogP contribution in [0, 0.1) is 0 Å². The highest BCUT2D eigenvalue weighted by Crippen LogP contribution is 2.21. The summed E-state index contributed by atoms with van der Waals surface area (Å²) in [4.78, 5) is 27.0. The van der Waals surface area contributed by atoms with Crippen molar-refractivity contribution in [2.75, 3.05) is 33.2 Å². The van der Waals surface area contributed by atoms with E-state index in [0.717, 1.165) is 19.5 Å². The van der Waals surface area contributed by atoms with Crippen molar-refractivity contribution in [3.63, 3.8) is 0 Å². The normalized spacial score (nSPS) is 26.6. The first-order chi connectivity index (χ1) is 8.13. The number of nitrogens with zero attached hydrogens (tertiary/aromatic N) is 2. The molecule has 0 radical (unpaired) electrons. The second kappa shape index (κ2) is 5.01. The van der Waals surface area contributed by atoms with Crippen molar-refractivity contribution in [2.24, 2.45) is 0 Å². The predicted octanol–water partition coefficient (Wildman–Crippen LogP) is -1.03. The highest BCUT2D eigenvalue weighted by atomic mass is 16.4. The van der Waals surface area contributed by atoms with Crippen molar-refractivity contribution in [3.8, 4) is 0 Å². The van der Waals surface area contributed by atoms with E-state index in [1.54, 1.807) is 4.90 Å². The minimum Gasteiger partial charge on any atom is -0.480 e. The average Bonchev–Trinajstić information content (AvgIpc) is 2.75. The summed E-state index contributed by atoms with van der Waals surface area (Å²) in [6, 6.07) is -0.679. The lowest BCUT2D eigenvalue weighted by molar-refractivity contribution is -0.148. The van der Waals surface area contributed by atoms with Crippen molar-refractivity contribution in [3.05, 3.63) is 0 Å². The molecule has 2 heterocycles. The lowest BCUT2D eigenvalue weighted by atomic mass is 10.1.